The van der Waals surface area contributed by atoms with Crippen LogP contribution in [0.1, 0.15) is 45.4 Å². The fraction of sp³-hybridized carbons (Fsp3) is 0.895. The molecular weight excluding hydrogens is 334 g/mol. The van der Waals surface area contributed by atoms with Gasteiger partial charge in [0.15, 0.2) is 0 Å². The molecular formula is C19H31N3O4. The molecule has 146 valence electrons. The number of likely N-dealkylation sites (N-methyl/N-ethyl adjacent to an activating group) is 1. The number of carbonyl (C=O) groups excluding carboxylic acids is 1. The molecule has 2 aliphatic heterocycles. The van der Waals surface area contributed by atoms with Gasteiger partial charge < -0.3 is 20.1 Å². The summed E-state index contributed by atoms with van der Waals surface area (Å²) >= 11 is 0. The molecule has 1 atom stereocenters. The number of urea groups is 1. The van der Waals surface area contributed by atoms with Gasteiger partial charge in [-0.25, -0.2) is 4.79 Å². The van der Waals surface area contributed by atoms with E-state index in [-0.39, 0.29) is 24.7 Å². The molecule has 2 aliphatic carbocycles. The maximum atomic E-state index is 12.8. The summed E-state index contributed by atoms with van der Waals surface area (Å²) in [4.78, 5) is 27.8. The maximum absolute atomic E-state index is 12.8. The molecule has 2 heterocycles. The first-order valence-electron chi connectivity index (χ1n) is 10.1. The Morgan fingerprint density at radius 2 is 1.96 bits per heavy atom. The number of likely N-dealkylation sites (tertiary alicyclic amines) is 1. The molecule has 2 saturated heterocycles. The van der Waals surface area contributed by atoms with Gasteiger partial charge in [0.1, 0.15) is 0 Å². The van der Waals surface area contributed by atoms with Crippen LogP contribution >= 0.6 is 0 Å². The highest BCUT2D eigenvalue weighted by Crippen LogP contribution is 2.54. The van der Waals surface area contributed by atoms with E-state index in [1.54, 1.807) is 0 Å². The summed E-state index contributed by atoms with van der Waals surface area (Å²) in [5.41, 5.74) is 0.305. The second kappa shape index (κ2) is 7.00. The Kier molecular flexibility index (Phi) is 4.86. The molecule has 2 amide bonds. The number of carboxylic acids is 1. The number of hydrogen-bond donors (Lipinski definition) is 2. The van der Waals surface area contributed by atoms with E-state index in [1.165, 1.54) is 12.8 Å². The molecule has 0 aromatic carbocycles. The predicted molar refractivity (Wildman–Crippen MR) is 95.9 cm³/mol. The highest BCUT2D eigenvalue weighted by Gasteiger charge is 2.59. The zero-order chi connectivity index (χ0) is 18.3. The number of aliphatic carboxylic acids is 1. The van der Waals surface area contributed by atoms with E-state index in [1.807, 2.05) is 11.8 Å². The third-order valence-electron chi connectivity index (χ3n) is 6.97. The minimum absolute atomic E-state index is 0.0856. The van der Waals surface area contributed by atoms with Crippen LogP contribution in [0.3, 0.4) is 0 Å². The number of rotatable bonds is 6. The van der Waals surface area contributed by atoms with Gasteiger partial charge in [-0.15, -0.1) is 0 Å². The normalized spacial score (nSPS) is 32.8. The number of ether oxygens (including phenoxy) is 1. The number of nitrogens with one attached hydrogen (secondary N) is 1. The second-order valence-electron chi connectivity index (χ2n) is 8.61. The SMILES string of the molecule is CCN(CC(=O)O)C1CC(NC(=O)N2CC3(CCOCC3)C2C2CC2)C1. The van der Waals surface area contributed by atoms with Crippen LogP contribution in [0.5, 0.6) is 0 Å². The Morgan fingerprint density at radius 3 is 2.54 bits per heavy atom. The second-order valence-corrected chi connectivity index (χ2v) is 8.61. The van der Waals surface area contributed by atoms with Crippen LogP contribution in [0.25, 0.3) is 0 Å². The summed E-state index contributed by atoms with van der Waals surface area (Å²) in [6.07, 6.45) is 6.39. The summed E-state index contributed by atoms with van der Waals surface area (Å²) in [5, 5.41) is 12.2. The van der Waals surface area contributed by atoms with Gasteiger partial charge in [0.2, 0.25) is 0 Å². The summed E-state index contributed by atoms with van der Waals surface area (Å²) in [6, 6.07) is 0.950. The summed E-state index contributed by atoms with van der Waals surface area (Å²) in [5.74, 6) is -0.0955. The lowest BCUT2D eigenvalue weighted by molar-refractivity contribution is -0.139. The van der Waals surface area contributed by atoms with Gasteiger partial charge in [-0.2, -0.15) is 0 Å². The average Bonchev–Trinajstić information content (AvgIpc) is 3.38. The maximum Gasteiger partial charge on any atom is 0.317 e. The first-order chi connectivity index (χ1) is 12.5. The zero-order valence-electron chi connectivity index (χ0n) is 15.7. The van der Waals surface area contributed by atoms with Crippen LogP contribution in [-0.4, -0.2) is 77.9 Å². The summed E-state index contributed by atoms with van der Waals surface area (Å²) in [6.45, 7) is 5.35. The lowest BCUT2D eigenvalue weighted by atomic mass is 9.64. The standard InChI is InChI=1S/C19H31N3O4/c1-2-21(11-16(23)24)15-9-14(10-15)20-18(25)22-12-19(5-7-26-8-6-19)17(22)13-3-4-13/h13-15,17H,2-12H2,1H3,(H,20,25)(H,23,24). The zero-order valence-corrected chi connectivity index (χ0v) is 15.7. The Bertz CT molecular complexity index is 553. The molecule has 0 aromatic rings. The van der Waals surface area contributed by atoms with Gasteiger partial charge in [-0.1, -0.05) is 6.92 Å². The molecule has 4 fully saturated rings. The Morgan fingerprint density at radius 1 is 1.27 bits per heavy atom. The highest BCUT2D eigenvalue weighted by molar-refractivity contribution is 5.76. The smallest absolute Gasteiger partial charge is 0.317 e. The van der Waals surface area contributed by atoms with E-state index in [2.05, 4.69) is 10.2 Å². The fourth-order valence-electron chi connectivity index (χ4n) is 5.28. The molecule has 2 saturated carbocycles. The average molecular weight is 365 g/mol. The molecule has 2 N–H and O–H groups in total. The van der Waals surface area contributed by atoms with Gasteiger partial charge in [-0.3, -0.25) is 9.69 Å². The third kappa shape index (κ3) is 3.31. The van der Waals surface area contributed by atoms with Crippen molar-refractivity contribution in [2.75, 3.05) is 32.8 Å². The van der Waals surface area contributed by atoms with E-state index in [4.69, 9.17) is 9.84 Å². The van der Waals surface area contributed by atoms with Gasteiger partial charge in [0.05, 0.1) is 6.54 Å². The number of carboxylic acid groups (broad SMARTS) is 1. The highest BCUT2D eigenvalue weighted by atomic mass is 16.5. The van der Waals surface area contributed by atoms with Crippen molar-refractivity contribution in [3.05, 3.63) is 0 Å². The topological polar surface area (TPSA) is 82.1 Å². The minimum Gasteiger partial charge on any atom is -0.480 e. The third-order valence-corrected chi connectivity index (χ3v) is 6.97. The number of nitrogens with zero attached hydrogens (tertiary/aromatic N) is 2. The lowest BCUT2D eigenvalue weighted by Gasteiger charge is -2.60. The van der Waals surface area contributed by atoms with Gasteiger partial charge in [0, 0.05) is 43.3 Å². The number of hydrogen-bond acceptors (Lipinski definition) is 4. The Labute approximate surface area is 155 Å². The van der Waals surface area contributed by atoms with Crippen molar-refractivity contribution in [1.29, 1.82) is 0 Å². The van der Waals surface area contributed by atoms with E-state index < -0.39 is 5.97 Å². The van der Waals surface area contributed by atoms with Crippen LogP contribution in [-0.2, 0) is 9.53 Å². The summed E-state index contributed by atoms with van der Waals surface area (Å²) < 4.78 is 5.54. The van der Waals surface area contributed by atoms with Crippen molar-refractivity contribution in [3.63, 3.8) is 0 Å². The quantitative estimate of drug-likeness (QED) is 0.746. The van der Waals surface area contributed by atoms with Gasteiger partial charge in [0.25, 0.3) is 0 Å². The largest absolute Gasteiger partial charge is 0.480 e. The van der Waals surface area contributed by atoms with Crippen LogP contribution in [0, 0.1) is 11.3 Å². The van der Waals surface area contributed by atoms with Crippen LogP contribution in [0.15, 0.2) is 0 Å². The van der Waals surface area contributed by atoms with Gasteiger partial charge >= 0.3 is 12.0 Å². The predicted octanol–water partition coefficient (Wildman–Crippen LogP) is 1.52. The van der Waals surface area contributed by atoms with E-state index >= 15 is 0 Å². The Hall–Kier alpha value is -1.34. The van der Waals surface area contributed by atoms with Crippen LogP contribution in [0.4, 0.5) is 4.79 Å². The minimum atomic E-state index is -0.783. The van der Waals surface area contributed by atoms with E-state index in [0.29, 0.717) is 17.4 Å². The molecule has 1 unspecified atom stereocenters. The van der Waals surface area contributed by atoms with Crippen LogP contribution < -0.4 is 5.32 Å². The molecule has 0 radical (unpaired) electrons. The first kappa shape index (κ1) is 18.0. The van der Waals surface area contributed by atoms with E-state index in [9.17, 15) is 9.59 Å². The molecule has 26 heavy (non-hydrogen) atoms. The first-order valence-corrected chi connectivity index (χ1v) is 10.1. The Balaban J connectivity index is 1.28. The van der Waals surface area contributed by atoms with Crippen molar-refractivity contribution in [1.82, 2.24) is 15.1 Å². The molecule has 0 bridgehead atoms. The molecule has 7 nitrogen and oxygen atoms in total. The molecule has 4 aliphatic rings. The molecule has 1 spiro atoms. The fourth-order valence-corrected chi connectivity index (χ4v) is 5.28. The molecule has 0 aromatic heterocycles. The van der Waals surface area contributed by atoms with Crippen molar-refractivity contribution < 1.29 is 19.4 Å². The number of carbonyl (C=O) groups is 2. The van der Waals surface area contributed by atoms with Crippen molar-refractivity contribution >= 4 is 12.0 Å². The van der Waals surface area contributed by atoms with Crippen molar-refractivity contribution in [2.24, 2.45) is 11.3 Å². The van der Waals surface area contributed by atoms with Crippen molar-refractivity contribution in [2.45, 2.75) is 63.6 Å². The number of amides is 2. The van der Waals surface area contributed by atoms with Crippen molar-refractivity contribution in [3.8, 4) is 0 Å². The monoisotopic (exact) mass is 365 g/mol. The summed E-state index contributed by atoms with van der Waals surface area (Å²) in [7, 11) is 0. The van der Waals surface area contributed by atoms with Gasteiger partial charge in [-0.05, 0) is 51.0 Å². The molecule has 7 heteroatoms. The lowest BCUT2D eigenvalue weighted by Crippen LogP contribution is -2.71. The van der Waals surface area contributed by atoms with E-state index in [0.717, 1.165) is 52.0 Å². The van der Waals surface area contributed by atoms with Crippen LogP contribution in [0.2, 0.25) is 0 Å². The molecule has 4 rings (SSSR count).